The van der Waals surface area contributed by atoms with Gasteiger partial charge in [0, 0.05) is 19.5 Å². The smallest absolute Gasteiger partial charge is 0.248 e. The van der Waals surface area contributed by atoms with Crippen LogP contribution in [0.4, 0.5) is 0 Å². The largest absolute Gasteiger partial charge is 0.497 e. The predicted octanol–water partition coefficient (Wildman–Crippen LogP) is 3.08. The van der Waals surface area contributed by atoms with Crippen LogP contribution in [0.5, 0.6) is 11.5 Å². The number of Topliss-reactive ketones (excluding diaryl/α,β-unsaturated/α-hetero) is 1. The van der Waals surface area contributed by atoms with Crippen LogP contribution in [0.25, 0.3) is 0 Å². The molecule has 0 bridgehead atoms. The van der Waals surface area contributed by atoms with Crippen LogP contribution >= 0.6 is 0 Å². The highest BCUT2D eigenvalue weighted by Crippen LogP contribution is 2.35. The van der Waals surface area contributed by atoms with Gasteiger partial charge in [-0.25, -0.2) is 0 Å². The van der Waals surface area contributed by atoms with Gasteiger partial charge in [-0.2, -0.15) is 0 Å². The van der Waals surface area contributed by atoms with Crippen molar-refractivity contribution in [3.63, 3.8) is 0 Å². The van der Waals surface area contributed by atoms with E-state index in [1.165, 1.54) is 12.7 Å². The molecule has 162 valence electrons. The Kier molecular flexibility index (Phi) is 6.57. The van der Waals surface area contributed by atoms with Crippen molar-refractivity contribution in [2.75, 3.05) is 26.8 Å². The van der Waals surface area contributed by atoms with E-state index in [9.17, 15) is 9.59 Å². The number of amides is 1. The summed E-state index contributed by atoms with van der Waals surface area (Å²) in [7, 11) is 1.60. The zero-order valence-electron chi connectivity index (χ0n) is 17.4. The number of likely N-dealkylation sites (tertiary alicyclic amines) is 1. The first-order chi connectivity index (χ1) is 14.6. The molecule has 1 aliphatic carbocycles. The van der Waals surface area contributed by atoms with E-state index in [0.717, 1.165) is 38.1 Å². The Hall–Kier alpha value is -2.54. The summed E-state index contributed by atoms with van der Waals surface area (Å²) in [6, 6.07) is 7.06. The van der Waals surface area contributed by atoms with E-state index in [1.807, 2.05) is 4.90 Å². The Morgan fingerprint density at radius 2 is 1.83 bits per heavy atom. The van der Waals surface area contributed by atoms with Crippen molar-refractivity contribution in [2.45, 2.75) is 50.7 Å². The number of hydrogen-bond acceptors (Lipinski definition) is 6. The SMILES string of the molecule is COc1ccc(OC2=COC3CC(OCC(=O)N4CCCCC4)CCC3C2=O)cc1. The molecule has 30 heavy (non-hydrogen) atoms. The Morgan fingerprint density at radius 1 is 1.10 bits per heavy atom. The van der Waals surface area contributed by atoms with Gasteiger partial charge >= 0.3 is 0 Å². The third-order valence-electron chi connectivity index (χ3n) is 6.11. The molecule has 0 radical (unpaired) electrons. The minimum Gasteiger partial charge on any atom is -0.497 e. The van der Waals surface area contributed by atoms with Crippen molar-refractivity contribution >= 4 is 11.7 Å². The summed E-state index contributed by atoms with van der Waals surface area (Å²) in [5.74, 6) is 1.30. The third-order valence-corrected chi connectivity index (χ3v) is 6.11. The first kappa shape index (κ1) is 20.7. The van der Waals surface area contributed by atoms with Gasteiger partial charge in [-0.3, -0.25) is 9.59 Å². The van der Waals surface area contributed by atoms with Crippen molar-refractivity contribution in [3.8, 4) is 11.5 Å². The van der Waals surface area contributed by atoms with Crippen LogP contribution in [-0.2, 0) is 19.1 Å². The number of hydrogen-bond donors (Lipinski definition) is 0. The lowest BCUT2D eigenvalue weighted by Crippen LogP contribution is -2.44. The van der Waals surface area contributed by atoms with Gasteiger partial charge in [0.25, 0.3) is 0 Å². The van der Waals surface area contributed by atoms with E-state index in [2.05, 4.69) is 0 Å². The topological polar surface area (TPSA) is 74.3 Å². The zero-order chi connectivity index (χ0) is 20.9. The molecule has 1 amide bonds. The Bertz CT molecular complexity index is 783. The highest BCUT2D eigenvalue weighted by molar-refractivity contribution is 5.96. The highest BCUT2D eigenvalue weighted by Gasteiger charge is 2.41. The molecule has 4 rings (SSSR count). The van der Waals surface area contributed by atoms with Crippen molar-refractivity contribution in [2.24, 2.45) is 5.92 Å². The summed E-state index contributed by atoms with van der Waals surface area (Å²) >= 11 is 0. The molecule has 1 saturated carbocycles. The molecule has 0 aromatic heterocycles. The van der Waals surface area contributed by atoms with E-state index >= 15 is 0 Å². The average Bonchev–Trinajstić information content (AvgIpc) is 2.80. The van der Waals surface area contributed by atoms with Gasteiger partial charge in [0.05, 0.1) is 19.1 Å². The van der Waals surface area contributed by atoms with E-state index in [0.29, 0.717) is 18.6 Å². The number of rotatable bonds is 6. The van der Waals surface area contributed by atoms with Gasteiger partial charge in [-0.05, 0) is 56.4 Å². The number of ketones is 1. The number of piperidine rings is 1. The first-order valence-corrected chi connectivity index (χ1v) is 10.7. The maximum atomic E-state index is 12.9. The van der Waals surface area contributed by atoms with Crippen molar-refractivity contribution in [1.82, 2.24) is 4.90 Å². The van der Waals surface area contributed by atoms with Crippen molar-refractivity contribution in [1.29, 1.82) is 0 Å². The van der Waals surface area contributed by atoms with Gasteiger partial charge in [0.1, 0.15) is 30.5 Å². The number of allylic oxidation sites excluding steroid dienone is 1. The van der Waals surface area contributed by atoms with Crippen LogP contribution in [0, 0.1) is 5.92 Å². The molecule has 3 unspecified atom stereocenters. The fourth-order valence-electron chi connectivity index (χ4n) is 4.35. The van der Waals surface area contributed by atoms with Crippen LogP contribution in [0.15, 0.2) is 36.3 Å². The highest BCUT2D eigenvalue weighted by atomic mass is 16.5. The van der Waals surface area contributed by atoms with E-state index in [1.54, 1.807) is 31.4 Å². The van der Waals surface area contributed by atoms with E-state index in [4.69, 9.17) is 18.9 Å². The molecule has 1 aromatic carbocycles. The summed E-state index contributed by atoms with van der Waals surface area (Å²) in [5, 5.41) is 0. The number of carbonyl (C=O) groups is 2. The van der Waals surface area contributed by atoms with E-state index in [-0.39, 0.29) is 42.2 Å². The number of nitrogens with zero attached hydrogens (tertiary/aromatic N) is 1. The Morgan fingerprint density at radius 3 is 2.57 bits per heavy atom. The lowest BCUT2D eigenvalue weighted by molar-refractivity contribution is -0.144. The van der Waals surface area contributed by atoms with Gasteiger partial charge < -0.3 is 23.8 Å². The first-order valence-electron chi connectivity index (χ1n) is 10.7. The van der Waals surface area contributed by atoms with Crippen LogP contribution in [0.1, 0.15) is 38.5 Å². The second-order valence-electron chi connectivity index (χ2n) is 8.09. The van der Waals surface area contributed by atoms with Gasteiger partial charge in [0.15, 0.2) is 0 Å². The van der Waals surface area contributed by atoms with Crippen molar-refractivity contribution < 1.29 is 28.5 Å². The van der Waals surface area contributed by atoms with Crippen LogP contribution in [0.3, 0.4) is 0 Å². The second-order valence-corrected chi connectivity index (χ2v) is 8.09. The molecule has 7 nitrogen and oxygen atoms in total. The van der Waals surface area contributed by atoms with Crippen molar-refractivity contribution in [3.05, 3.63) is 36.3 Å². The lowest BCUT2D eigenvalue weighted by Gasteiger charge is -2.37. The number of fused-ring (bicyclic) bond motifs is 1. The molecule has 2 heterocycles. The summed E-state index contributed by atoms with van der Waals surface area (Å²) in [4.78, 5) is 27.1. The Labute approximate surface area is 176 Å². The fourth-order valence-corrected chi connectivity index (χ4v) is 4.35. The maximum absolute atomic E-state index is 12.9. The quantitative estimate of drug-likeness (QED) is 0.711. The number of methoxy groups -OCH3 is 1. The van der Waals surface area contributed by atoms with Crippen LogP contribution in [-0.4, -0.2) is 55.6 Å². The standard InChI is InChI=1S/C23H29NO6/c1-27-16-5-7-17(8-6-16)30-21-14-29-20-13-18(9-10-19(20)23(21)26)28-15-22(25)24-11-3-2-4-12-24/h5-8,14,18-20H,2-4,9-13,15H2,1H3. The van der Waals surface area contributed by atoms with Gasteiger partial charge in [-0.15, -0.1) is 0 Å². The second kappa shape index (κ2) is 9.51. The summed E-state index contributed by atoms with van der Waals surface area (Å²) < 4.78 is 22.6. The van der Waals surface area contributed by atoms with E-state index < -0.39 is 0 Å². The fraction of sp³-hybridized carbons (Fsp3) is 0.565. The summed E-state index contributed by atoms with van der Waals surface area (Å²) in [6.07, 6.45) is 6.46. The number of ether oxygens (including phenoxy) is 4. The minimum absolute atomic E-state index is 0.0371. The molecular weight excluding hydrogens is 386 g/mol. The number of carbonyl (C=O) groups excluding carboxylic acids is 2. The minimum atomic E-state index is -0.235. The molecule has 1 saturated heterocycles. The van der Waals surface area contributed by atoms with Gasteiger partial charge in [-0.1, -0.05) is 0 Å². The third kappa shape index (κ3) is 4.78. The molecule has 7 heteroatoms. The maximum Gasteiger partial charge on any atom is 0.248 e. The normalized spacial score (nSPS) is 26.3. The Balaban J connectivity index is 1.29. The lowest BCUT2D eigenvalue weighted by atomic mass is 9.80. The van der Waals surface area contributed by atoms with Gasteiger partial charge in [0.2, 0.25) is 17.4 Å². The molecule has 1 aromatic rings. The van der Waals surface area contributed by atoms with Crippen LogP contribution < -0.4 is 9.47 Å². The molecule has 3 aliphatic rings. The summed E-state index contributed by atoms with van der Waals surface area (Å²) in [6.45, 7) is 1.77. The zero-order valence-corrected chi connectivity index (χ0v) is 17.4. The number of benzene rings is 1. The monoisotopic (exact) mass is 415 g/mol. The molecule has 3 atom stereocenters. The summed E-state index contributed by atoms with van der Waals surface area (Å²) in [5.41, 5.74) is 0. The molecule has 0 N–H and O–H groups in total. The average molecular weight is 415 g/mol. The molecular formula is C23H29NO6. The van der Waals surface area contributed by atoms with Crippen LogP contribution in [0.2, 0.25) is 0 Å². The molecule has 2 aliphatic heterocycles. The molecule has 2 fully saturated rings. The predicted molar refractivity (Wildman–Crippen MR) is 109 cm³/mol. The molecule has 0 spiro atoms.